The van der Waals surface area contributed by atoms with Crippen LogP contribution in [0.1, 0.15) is 43.2 Å². The first-order valence-electron chi connectivity index (χ1n) is 11.8. The molecule has 8 nitrogen and oxygen atoms in total. The summed E-state index contributed by atoms with van der Waals surface area (Å²) in [5.41, 5.74) is 3.36. The van der Waals surface area contributed by atoms with Gasteiger partial charge in [0.1, 0.15) is 11.7 Å². The SMILES string of the molecule is C[C@H]1C[C@@H](Nc2c(C#N)cnc3[nH]cc(C4CCOCC4)c23)CN(C(=O)/C=C/CN(C)C)C1. The van der Waals surface area contributed by atoms with Crippen LogP contribution in [0.5, 0.6) is 0 Å². The third kappa shape index (κ3) is 5.37. The number of ether oxygens (including phenoxy) is 1. The van der Waals surface area contributed by atoms with E-state index < -0.39 is 0 Å². The number of aromatic nitrogens is 2. The lowest BCUT2D eigenvalue weighted by molar-refractivity contribution is -0.127. The van der Waals surface area contributed by atoms with Gasteiger partial charge in [-0.05, 0) is 50.8 Å². The van der Waals surface area contributed by atoms with Gasteiger partial charge in [-0.1, -0.05) is 13.0 Å². The molecule has 2 aliphatic heterocycles. The predicted molar refractivity (Wildman–Crippen MR) is 129 cm³/mol. The number of aromatic amines is 1. The normalized spacial score (nSPS) is 22.2. The Bertz CT molecular complexity index is 1050. The Labute approximate surface area is 195 Å². The molecule has 2 aromatic rings. The van der Waals surface area contributed by atoms with Crippen LogP contribution in [0.3, 0.4) is 0 Å². The summed E-state index contributed by atoms with van der Waals surface area (Å²) in [5.74, 6) is 0.792. The summed E-state index contributed by atoms with van der Waals surface area (Å²) in [4.78, 5) is 24.5. The third-order valence-corrected chi connectivity index (χ3v) is 6.56. The van der Waals surface area contributed by atoms with Crippen molar-refractivity contribution in [2.75, 3.05) is 52.3 Å². The summed E-state index contributed by atoms with van der Waals surface area (Å²) in [6.07, 6.45) is 10.1. The molecular weight excluding hydrogens is 416 g/mol. The highest BCUT2D eigenvalue weighted by Gasteiger charge is 2.29. The zero-order chi connectivity index (χ0) is 23.4. The van der Waals surface area contributed by atoms with Crippen molar-refractivity contribution in [1.29, 1.82) is 5.26 Å². The van der Waals surface area contributed by atoms with Crippen molar-refractivity contribution in [2.45, 2.75) is 38.1 Å². The minimum absolute atomic E-state index is 0.0418. The Kier molecular flexibility index (Phi) is 7.31. The molecule has 2 atom stereocenters. The molecule has 0 saturated carbocycles. The van der Waals surface area contributed by atoms with Crippen LogP contribution in [0.4, 0.5) is 5.69 Å². The summed E-state index contributed by atoms with van der Waals surface area (Å²) in [6, 6.07) is 2.39. The van der Waals surface area contributed by atoms with Crippen LogP contribution in [0.15, 0.2) is 24.5 Å². The van der Waals surface area contributed by atoms with E-state index in [9.17, 15) is 10.1 Å². The maximum absolute atomic E-state index is 12.8. The molecule has 0 spiro atoms. The Hall–Kier alpha value is -2.89. The lowest BCUT2D eigenvalue weighted by atomic mass is 9.90. The number of carbonyl (C=O) groups excluding carboxylic acids is 1. The number of amides is 1. The summed E-state index contributed by atoms with van der Waals surface area (Å²) in [6.45, 7) is 5.78. The Morgan fingerprint density at radius 2 is 2.18 bits per heavy atom. The molecule has 0 aromatic carbocycles. The quantitative estimate of drug-likeness (QED) is 0.657. The smallest absolute Gasteiger partial charge is 0.246 e. The summed E-state index contributed by atoms with van der Waals surface area (Å²) < 4.78 is 5.55. The molecule has 1 amide bonds. The van der Waals surface area contributed by atoms with E-state index in [0.29, 0.717) is 23.9 Å². The van der Waals surface area contributed by atoms with Crippen LogP contribution in [0.25, 0.3) is 11.0 Å². The molecule has 33 heavy (non-hydrogen) atoms. The Balaban J connectivity index is 1.59. The molecule has 0 aliphatic carbocycles. The fourth-order valence-electron chi connectivity index (χ4n) is 5.00. The molecule has 4 rings (SSSR count). The highest BCUT2D eigenvalue weighted by molar-refractivity contribution is 5.96. The zero-order valence-corrected chi connectivity index (χ0v) is 19.8. The topological polar surface area (TPSA) is 97.3 Å². The number of nitrogens with one attached hydrogen (secondary N) is 2. The Morgan fingerprint density at radius 3 is 2.91 bits per heavy atom. The number of likely N-dealkylation sites (N-methyl/N-ethyl adjacent to an activating group) is 1. The van der Waals surface area contributed by atoms with Gasteiger partial charge >= 0.3 is 0 Å². The molecule has 4 heterocycles. The number of hydrogen-bond donors (Lipinski definition) is 2. The lowest BCUT2D eigenvalue weighted by Crippen LogP contribution is -2.47. The molecule has 0 bridgehead atoms. The van der Waals surface area contributed by atoms with E-state index >= 15 is 0 Å². The fourth-order valence-corrected chi connectivity index (χ4v) is 5.00. The van der Waals surface area contributed by atoms with Crippen molar-refractivity contribution >= 4 is 22.6 Å². The fraction of sp³-hybridized carbons (Fsp3) is 0.560. The van der Waals surface area contributed by atoms with Crippen molar-refractivity contribution in [3.05, 3.63) is 35.7 Å². The first kappa shape index (κ1) is 23.3. The van der Waals surface area contributed by atoms with Gasteiger partial charge in [-0.15, -0.1) is 0 Å². The van der Waals surface area contributed by atoms with E-state index in [1.165, 1.54) is 5.56 Å². The Morgan fingerprint density at radius 1 is 1.39 bits per heavy atom. The van der Waals surface area contributed by atoms with Crippen molar-refractivity contribution in [3.63, 3.8) is 0 Å². The van der Waals surface area contributed by atoms with Gasteiger partial charge in [0.25, 0.3) is 0 Å². The molecule has 0 radical (unpaired) electrons. The standard InChI is InChI=1S/C25H34N6O2/c1-17-11-20(16-31(15-17)22(32)5-4-8-30(2)3)29-24-19(12-26)13-27-25-23(24)21(14-28-25)18-6-9-33-10-7-18/h4-5,13-14,17-18,20H,6-11,15-16H2,1-3H3,(H2,27,28,29)/b5-4+/t17-,20+/m0/s1. The van der Waals surface area contributed by atoms with Crippen LogP contribution >= 0.6 is 0 Å². The average Bonchev–Trinajstić information content (AvgIpc) is 3.24. The molecule has 8 heteroatoms. The second-order valence-electron chi connectivity index (χ2n) is 9.60. The molecule has 2 fully saturated rings. The van der Waals surface area contributed by atoms with Crippen molar-refractivity contribution < 1.29 is 9.53 Å². The number of nitrogens with zero attached hydrogens (tertiary/aromatic N) is 4. The second-order valence-corrected chi connectivity index (χ2v) is 9.60. The molecule has 2 N–H and O–H groups in total. The third-order valence-electron chi connectivity index (χ3n) is 6.56. The van der Waals surface area contributed by atoms with Crippen LogP contribution in [-0.2, 0) is 9.53 Å². The maximum Gasteiger partial charge on any atom is 0.246 e. The van der Waals surface area contributed by atoms with Crippen molar-refractivity contribution in [2.24, 2.45) is 5.92 Å². The molecule has 2 aliphatic rings. The zero-order valence-electron chi connectivity index (χ0n) is 19.8. The maximum atomic E-state index is 12.8. The van der Waals surface area contributed by atoms with Crippen LogP contribution in [0, 0.1) is 17.2 Å². The molecule has 2 saturated heterocycles. The number of anilines is 1. The molecule has 0 unspecified atom stereocenters. The van der Waals surface area contributed by atoms with Gasteiger partial charge in [-0.2, -0.15) is 5.26 Å². The second kappa shape index (κ2) is 10.4. The number of carbonyl (C=O) groups is 1. The molecular formula is C25H34N6O2. The first-order valence-corrected chi connectivity index (χ1v) is 11.8. The van der Waals surface area contributed by atoms with Gasteiger partial charge < -0.3 is 24.8 Å². The highest BCUT2D eigenvalue weighted by Crippen LogP contribution is 2.37. The van der Waals surface area contributed by atoms with Gasteiger partial charge in [0, 0.05) is 62.7 Å². The minimum atomic E-state index is 0.0418. The predicted octanol–water partition coefficient (Wildman–Crippen LogP) is 3.10. The first-order chi connectivity index (χ1) is 16.0. The average molecular weight is 451 g/mol. The number of nitriles is 1. The van der Waals surface area contributed by atoms with E-state index in [2.05, 4.69) is 28.3 Å². The van der Waals surface area contributed by atoms with Crippen LogP contribution < -0.4 is 5.32 Å². The number of piperidine rings is 1. The number of hydrogen-bond acceptors (Lipinski definition) is 6. The van der Waals surface area contributed by atoms with Gasteiger partial charge in [0.2, 0.25) is 5.91 Å². The lowest BCUT2D eigenvalue weighted by Gasteiger charge is -2.37. The van der Waals surface area contributed by atoms with E-state index in [-0.39, 0.29) is 11.9 Å². The summed E-state index contributed by atoms with van der Waals surface area (Å²) in [7, 11) is 3.96. The van der Waals surface area contributed by atoms with E-state index in [1.807, 2.05) is 36.2 Å². The van der Waals surface area contributed by atoms with Crippen LogP contribution in [-0.4, -0.2) is 78.7 Å². The number of pyridine rings is 1. The van der Waals surface area contributed by atoms with Crippen molar-refractivity contribution in [1.82, 2.24) is 19.8 Å². The highest BCUT2D eigenvalue weighted by atomic mass is 16.5. The van der Waals surface area contributed by atoms with Crippen LogP contribution in [0.2, 0.25) is 0 Å². The monoisotopic (exact) mass is 450 g/mol. The number of fused-ring (bicyclic) bond motifs is 1. The summed E-state index contributed by atoms with van der Waals surface area (Å²) in [5, 5.41) is 14.5. The van der Waals surface area contributed by atoms with Gasteiger partial charge in [0.05, 0.1) is 11.3 Å². The van der Waals surface area contributed by atoms with E-state index in [4.69, 9.17) is 4.74 Å². The minimum Gasteiger partial charge on any atom is -0.381 e. The van der Waals surface area contributed by atoms with Crippen molar-refractivity contribution in [3.8, 4) is 6.07 Å². The van der Waals surface area contributed by atoms with Gasteiger partial charge in [0.15, 0.2) is 0 Å². The van der Waals surface area contributed by atoms with Gasteiger partial charge in [-0.3, -0.25) is 4.79 Å². The van der Waals surface area contributed by atoms with E-state index in [0.717, 1.165) is 62.3 Å². The van der Waals surface area contributed by atoms with E-state index in [1.54, 1.807) is 12.3 Å². The number of rotatable bonds is 6. The molecule has 176 valence electrons. The number of likely N-dealkylation sites (tertiary alicyclic amines) is 1. The largest absolute Gasteiger partial charge is 0.381 e. The summed E-state index contributed by atoms with van der Waals surface area (Å²) >= 11 is 0. The van der Waals surface area contributed by atoms with Gasteiger partial charge in [-0.25, -0.2) is 4.98 Å². The number of H-pyrrole nitrogens is 1. The molecule has 2 aromatic heterocycles.